The molecular weight excluding hydrogens is 240 g/mol. The van der Waals surface area contributed by atoms with E-state index in [0.29, 0.717) is 11.3 Å². The number of hydrogen-bond donors (Lipinski definition) is 0. The van der Waals surface area contributed by atoms with E-state index in [1.165, 1.54) is 0 Å². The van der Waals surface area contributed by atoms with E-state index in [1.54, 1.807) is 13.2 Å². The van der Waals surface area contributed by atoms with Crippen molar-refractivity contribution in [3.8, 4) is 5.75 Å². The summed E-state index contributed by atoms with van der Waals surface area (Å²) < 4.78 is 10.7. The minimum Gasteiger partial charge on any atom is -0.496 e. The lowest BCUT2D eigenvalue weighted by Gasteiger charge is -2.14. The van der Waals surface area contributed by atoms with Crippen molar-refractivity contribution in [3.63, 3.8) is 0 Å². The SMILES string of the molecule is CCC(C)OC(=O)c1c(OC)ccc2ccccc12. The Kier molecular flexibility index (Phi) is 4.05. The Balaban J connectivity index is 2.52. The van der Waals surface area contributed by atoms with Crippen LogP contribution in [0.3, 0.4) is 0 Å². The molecule has 0 radical (unpaired) electrons. The van der Waals surface area contributed by atoms with E-state index in [-0.39, 0.29) is 12.1 Å². The second kappa shape index (κ2) is 5.74. The molecule has 0 aliphatic rings. The molecule has 0 saturated heterocycles. The van der Waals surface area contributed by atoms with Crippen molar-refractivity contribution in [2.45, 2.75) is 26.4 Å². The fourth-order valence-electron chi connectivity index (χ4n) is 1.96. The van der Waals surface area contributed by atoms with Crippen LogP contribution in [0.1, 0.15) is 30.6 Å². The van der Waals surface area contributed by atoms with E-state index >= 15 is 0 Å². The molecule has 0 heterocycles. The summed E-state index contributed by atoms with van der Waals surface area (Å²) in [5.74, 6) is 0.218. The third kappa shape index (κ3) is 2.70. The Hall–Kier alpha value is -2.03. The Labute approximate surface area is 113 Å². The van der Waals surface area contributed by atoms with Crippen LogP contribution in [-0.2, 0) is 4.74 Å². The summed E-state index contributed by atoms with van der Waals surface area (Å²) in [6, 6.07) is 11.5. The van der Waals surface area contributed by atoms with Crippen LogP contribution in [-0.4, -0.2) is 19.2 Å². The predicted molar refractivity (Wildman–Crippen MR) is 75.7 cm³/mol. The van der Waals surface area contributed by atoms with Crippen LogP contribution >= 0.6 is 0 Å². The lowest BCUT2D eigenvalue weighted by atomic mass is 10.0. The summed E-state index contributed by atoms with van der Waals surface area (Å²) >= 11 is 0. The zero-order chi connectivity index (χ0) is 13.8. The molecule has 2 rings (SSSR count). The maximum Gasteiger partial charge on any atom is 0.342 e. The smallest absolute Gasteiger partial charge is 0.342 e. The van der Waals surface area contributed by atoms with Gasteiger partial charge < -0.3 is 9.47 Å². The Morgan fingerprint density at radius 3 is 2.63 bits per heavy atom. The maximum atomic E-state index is 12.3. The van der Waals surface area contributed by atoms with Gasteiger partial charge in [-0.25, -0.2) is 4.79 Å². The molecule has 0 fully saturated rings. The number of carbonyl (C=O) groups excluding carboxylic acids is 1. The fraction of sp³-hybridized carbons (Fsp3) is 0.312. The van der Waals surface area contributed by atoms with Crippen LogP contribution < -0.4 is 4.74 Å². The lowest BCUT2D eigenvalue weighted by molar-refractivity contribution is 0.0333. The van der Waals surface area contributed by atoms with Gasteiger partial charge in [-0.3, -0.25) is 0 Å². The normalized spacial score (nSPS) is 12.2. The molecule has 1 atom stereocenters. The molecule has 0 aliphatic carbocycles. The highest BCUT2D eigenvalue weighted by molar-refractivity contribution is 6.07. The summed E-state index contributed by atoms with van der Waals surface area (Å²) in [4.78, 5) is 12.3. The van der Waals surface area contributed by atoms with Crippen LogP contribution in [0.5, 0.6) is 5.75 Å². The van der Waals surface area contributed by atoms with Gasteiger partial charge in [-0.15, -0.1) is 0 Å². The van der Waals surface area contributed by atoms with Gasteiger partial charge in [0.2, 0.25) is 0 Å². The fourth-order valence-corrected chi connectivity index (χ4v) is 1.96. The first-order chi connectivity index (χ1) is 9.17. The molecule has 2 aromatic rings. The number of methoxy groups -OCH3 is 1. The van der Waals surface area contributed by atoms with Crippen LogP contribution in [0.4, 0.5) is 0 Å². The molecule has 0 spiro atoms. The van der Waals surface area contributed by atoms with Crippen LogP contribution in [0.2, 0.25) is 0 Å². The number of fused-ring (bicyclic) bond motifs is 1. The first-order valence-electron chi connectivity index (χ1n) is 6.44. The van der Waals surface area contributed by atoms with Crippen molar-refractivity contribution >= 4 is 16.7 Å². The van der Waals surface area contributed by atoms with Gasteiger partial charge in [0.25, 0.3) is 0 Å². The second-order valence-corrected chi connectivity index (χ2v) is 4.49. The topological polar surface area (TPSA) is 35.5 Å². The van der Waals surface area contributed by atoms with E-state index < -0.39 is 0 Å². The standard InChI is InChI=1S/C16H18O3/c1-4-11(2)19-16(17)15-13-8-6-5-7-12(13)9-10-14(15)18-3/h5-11H,4H2,1-3H3. The number of benzene rings is 2. The second-order valence-electron chi connectivity index (χ2n) is 4.49. The molecule has 0 N–H and O–H groups in total. The average Bonchev–Trinajstić information content (AvgIpc) is 2.45. The molecule has 3 nitrogen and oxygen atoms in total. The van der Waals surface area contributed by atoms with Crippen molar-refractivity contribution in [3.05, 3.63) is 42.0 Å². The highest BCUT2D eigenvalue weighted by Crippen LogP contribution is 2.29. The summed E-state index contributed by atoms with van der Waals surface area (Å²) in [7, 11) is 1.56. The van der Waals surface area contributed by atoms with E-state index in [1.807, 2.05) is 44.2 Å². The first-order valence-corrected chi connectivity index (χ1v) is 6.44. The van der Waals surface area contributed by atoms with E-state index in [0.717, 1.165) is 17.2 Å². The molecule has 0 aliphatic heterocycles. The first kappa shape index (κ1) is 13.4. The molecule has 19 heavy (non-hydrogen) atoms. The number of carbonyl (C=O) groups is 1. The van der Waals surface area contributed by atoms with Gasteiger partial charge in [-0.1, -0.05) is 37.3 Å². The monoisotopic (exact) mass is 258 g/mol. The quantitative estimate of drug-likeness (QED) is 0.782. The highest BCUT2D eigenvalue weighted by atomic mass is 16.5. The molecule has 0 saturated carbocycles. The Morgan fingerprint density at radius 2 is 1.95 bits per heavy atom. The zero-order valence-electron chi connectivity index (χ0n) is 11.5. The number of ether oxygens (including phenoxy) is 2. The zero-order valence-corrected chi connectivity index (χ0v) is 11.5. The van der Waals surface area contributed by atoms with Gasteiger partial charge in [-0.2, -0.15) is 0 Å². The van der Waals surface area contributed by atoms with Crippen LogP contribution in [0.25, 0.3) is 10.8 Å². The summed E-state index contributed by atoms with van der Waals surface area (Å²) in [5, 5.41) is 1.86. The van der Waals surface area contributed by atoms with Crippen molar-refractivity contribution in [2.75, 3.05) is 7.11 Å². The molecule has 3 heteroatoms. The van der Waals surface area contributed by atoms with Gasteiger partial charge in [0.1, 0.15) is 11.3 Å². The van der Waals surface area contributed by atoms with Gasteiger partial charge in [0.05, 0.1) is 13.2 Å². The highest BCUT2D eigenvalue weighted by Gasteiger charge is 2.19. The largest absolute Gasteiger partial charge is 0.496 e. The van der Waals surface area contributed by atoms with Crippen molar-refractivity contribution in [2.24, 2.45) is 0 Å². The minimum atomic E-state index is -0.331. The molecule has 0 amide bonds. The third-order valence-corrected chi connectivity index (χ3v) is 3.20. The number of esters is 1. The summed E-state index contributed by atoms with van der Waals surface area (Å²) in [6.07, 6.45) is 0.690. The molecule has 1 unspecified atom stereocenters. The molecular formula is C16H18O3. The van der Waals surface area contributed by atoms with E-state index in [4.69, 9.17) is 9.47 Å². The van der Waals surface area contributed by atoms with Crippen LogP contribution in [0.15, 0.2) is 36.4 Å². The van der Waals surface area contributed by atoms with Gasteiger partial charge in [0, 0.05) is 0 Å². The third-order valence-electron chi connectivity index (χ3n) is 3.20. The minimum absolute atomic E-state index is 0.101. The maximum absolute atomic E-state index is 12.3. The van der Waals surface area contributed by atoms with Crippen molar-refractivity contribution < 1.29 is 14.3 Å². The van der Waals surface area contributed by atoms with Crippen molar-refractivity contribution in [1.29, 1.82) is 0 Å². The van der Waals surface area contributed by atoms with E-state index in [2.05, 4.69) is 0 Å². The van der Waals surface area contributed by atoms with Gasteiger partial charge >= 0.3 is 5.97 Å². The van der Waals surface area contributed by atoms with Crippen LogP contribution in [0, 0.1) is 0 Å². The van der Waals surface area contributed by atoms with Crippen molar-refractivity contribution in [1.82, 2.24) is 0 Å². The Bertz CT molecular complexity index is 590. The lowest BCUT2D eigenvalue weighted by Crippen LogP contribution is -2.15. The molecule has 0 aromatic heterocycles. The van der Waals surface area contributed by atoms with Gasteiger partial charge in [0.15, 0.2) is 0 Å². The molecule has 2 aromatic carbocycles. The number of hydrogen-bond acceptors (Lipinski definition) is 3. The molecule has 100 valence electrons. The summed E-state index contributed by atoms with van der Waals surface area (Å²) in [5.41, 5.74) is 0.501. The predicted octanol–water partition coefficient (Wildman–Crippen LogP) is 3.80. The molecule has 0 bridgehead atoms. The Morgan fingerprint density at radius 1 is 1.21 bits per heavy atom. The van der Waals surface area contributed by atoms with Gasteiger partial charge in [-0.05, 0) is 30.2 Å². The summed E-state index contributed by atoms with van der Waals surface area (Å²) in [6.45, 7) is 3.87. The number of rotatable bonds is 4. The van der Waals surface area contributed by atoms with E-state index in [9.17, 15) is 4.79 Å². The average molecular weight is 258 g/mol.